The second-order valence-electron chi connectivity index (χ2n) is 9.58. The van der Waals surface area contributed by atoms with Crippen LogP contribution in [0.3, 0.4) is 0 Å². The van der Waals surface area contributed by atoms with Crippen molar-refractivity contribution in [1.82, 2.24) is 0 Å². The molecule has 0 saturated carbocycles. The zero-order valence-corrected chi connectivity index (χ0v) is 25.2. The first-order chi connectivity index (χ1) is 19.4. The van der Waals surface area contributed by atoms with Gasteiger partial charge < -0.3 is 33.2 Å². The summed E-state index contributed by atoms with van der Waals surface area (Å²) in [5.41, 5.74) is -2.60. The van der Waals surface area contributed by atoms with E-state index >= 15 is 0 Å². The van der Waals surface area contributed by atoms with Crippen molar-refractivity contribution in [3.8, 4) is 0 Å². The minimum absolute atomic E-state index is 0.0813. The second kappa shape index (κ2) is 20.6. The van der Waals surface area contributed by atoms with E-state index in [9.17, 15) is 28.8 Å². The molecule has 0 radical (unpaired) electrons. The molecule has 0 amide bonds. The van der Waals surface area contributed by atoms with Gasteiger partial charge in [-0.25, -0.2) is 0 Å². The van der Waals surface area contributed by atoms with E-state index in [-0.39, 0.29) is 91.4 Å². The van der Waals surface area contributed by atoms with Gasteiger partial charge in [-0.2, -0.15) is 0 Å². The fourth-order valence-electron chi connectivity index (χ4n) is 3.00. The van der Waals surface area contributed by atoms with E-state index in [1.807, 2.05) is 0 Å². The van der Waals surface area contributed by atoms with Crippen LogP contribution in [0.25, 0.3) is 0 Å². The molecular weight excluding hydrogens is 544 g/mol. The largest absolute Gasteiger partial charge is 0.465 e. The van der Waals surface area contributed by atoms with Gasteiger partial charge in [0.15, 0.2) is 0 Å². The van der Waals surface area contributed by atoms with Crippen LogP contribution in [0, 0.1) is 10.8 Å². The fraction of sp³-hybridized carbons (Fsp3) is 0.786. The van der Waals surface area contributed by atoms with Crippen molar-refractivity contribution in [2.75, 3.05) is 52.9 Å². The molecule has 0 unspecified atom stereocenters. The zero-order valence-electron chi connectivity index (χ0n) is 25.2. The molecule has 0 N–H and O–H groups in total. The van der Waals surface area contributed by atoms with Crippen LogP contribution in [0.5, 0.6) is 0 Å². The summed E-state index contributed by atoms with van der Waals surface area (Å²) in [5, 5.41) is 0. The predicted octanol–water partition coefficient (Wildman–Crippen LogP) is 2.70. The average molecular weight is 591 g/mol. The molecule has 0 aromatic rings. The summed E-state index contributed by atoms with van der Waals surface area (Å²) >= 11 is 0. The van der Waals surface area contributed by atoms with Crippen molar-refractivity contribution in [2.24, 2.45) is 10.8 Å². The molecule has 0 spiro atoms. The Morgan fingerprint density at radius 1 is 0.341 bits per heavy atom. The molecule has 0 aliphatic carbocycles. The van der Waals surface area contributed by atoms with Gasteiger partial charge in [-0.1, -0.05) is 41.5 Å². The molecular formula is C28H46O13. The van der Waals surface area contributed by atoms with Crippen LogP contribution < -0.4 is 0 Å². The second-order valence-corrected chi connectivity index (χ2v) is 9.58. The van der Waals surface area contributed by atoms with Gasteiger partial charge in [-0.3, -0.25) is 28.8 Å². The van der Waals surface area contributed by atoms with Crippen LogP contribution in [0.4, 0.5) is 0 Å². The van der Waals surface area contributed by atoms with E-state index in [2.05, 4.69) is 0 Å². The van der Waals surface area contributed by atoms with E-state index in [0.717, 1.165) is 0 Å². The predicted molar refractivity (Wildman–Crippen MR) is 143 cm³/mol. The van der Waals surface area contributed by atoms with Gasteiger partial charge in [0.2, 0.25) is 0 Å². The van der Waals surface area contributed by atoms with Crippen molar-refractivity contribution in [2.45, 2.75) is 80.1 Å². The molecule has 41 heavy (non-hydrogen) atoms. The maximum absolute atomic E-state index is 12.0. The number of carbonyl (C=O) groups excluding carboxylic acids is 6. The first kappa shape index (κ1) is 37.8. The third-order valence-corrected chi connectivity index (χ3v) is 5.78. The summed E-state index contributed by atoms with van der Waals surface area (Å²) in [4.78, 5) is 71.9. The normalized spacial score (nSPS) is 11.3. The minimum Gasteiger partial charge on any atom is -0.465 e. The van der Waals surface area contributed by atoms with Crippen LogP contribution in [0.15, 0.2) is 0 Å². The van der Waals surface area contributed by atoms with Crippen molar-refractivity contribution >= 4 is 35.8 Å². The topological polar surface area (TPSA) is 167 Å². The van der Waals surface area contributed by atoms with Crippen LogP contribution >= 0.6 is 0 Å². The van der Waals surface area contributed by atoms with Gasteiger partial charge in [-0.05, 0) is 0 Å². The summed E-state index contributed by atoms with van der Waals surface area (Å²) < 4.78 is 38.1. The summed E-state index contributed by atoms with van der Waals surface area (Å²) in [6.45, 7) is 7.30. The van der Waals surface area contributed by atoms with Crippen LogP contribution in [0.1, 0.15) is 80.1 Å². The first-order valence-corrected chi connectivity index (χ1v) is 14.0. The highest BCUT2D eigenvalue weighted by Crippen LogP contribution is 2.26. The van der Waals surface area contributed by atoms with Crippen molar-refractivity contribution in [3.05, 3.63) is 0 Å². The molecule has 0 heterocycles. The molecule has 0 fully saturated rings. The van der Waals surface area contributed by atoms with Gasteiger partial charge in [0.05, 0.1) is 24.0 Å². The standard InChI is InChI=1S/C28H46O13/c1-7-21(29)36-15-27(16-37-22(30)8-2,17-38-23(31)9-3)13-35-14-28(18-39-24(32)10-4,19-40-25(33)11-5)20-41-26(34)12-6/h7-20H2,1-6H3. The highest BCUT2D eigenvalue weighted by Gasteiger charge is 2.40. The molecule has 0 aliphatic heterocycles. The first-order valence-electron chi connectivity index (χ1n) is 14.0. The highest BCUT2D eigenvalue weighted by molar-refractivity contribution is 5.71. The average Bonchev–Trinajstić information content (AvgIpc) is 3.00. The molecule has 13 nitrogen and oxygen atoms in total. The van der Waals surface area contributed by atoms with E-state index in [4.69, 9.17) is 33.2 Å². The lowest BCUT2D eigenvalue weighted by atomic mass is 9.90. The van der Waals surface area contributed by atoms with Gasteiger partial charge >= 0.3 is 35.8 Å². The molecule has 0 atom stereocenters. The maximum atomic E-state index is 12.0. The maximum Gasteiger partial charge on any atom is 0.305 e. The zero-order chi connectivity index (χ0) is 31.3. The lowest BCUT2D eigenvalue weighted by Gasteiger charge is -2.35. The summed E-state index contributed by atoms with van der Waals surface area (Å²) in [6, 6.07) is 0. The van der Waals surface area contributed by atoms with Crippen LogP contribution in [-0.4, -0.2) is 88.7 Å². The molecule has 13 heteroatoms. The fourth-order valence-corrected chi connectivity index (χ4v) is 3.00. The van der Waals surface area contributed by atoms with Crippen molar-refractivity contribution in [1.29, 1.82) is 0 Å². The third kappa shape index (κ3) is 16.0. The smallest absolute Gasteiger partial charge is 0.305 e. The molecule has 0 bridgehead atoms. The van der Waals surface area contributed by atoms with Gasteiger partial charge in [0.25, 0.3) is 0 Å². The monoisotopic (exact) mass is 590 g/mol. The van der Waals surface area contributed by atoms with Gasteiger partial charge in [-0.15, -0.1) is 0 Å². The molecule has 236 valence electrons. The Morgan fingerprint density at radius 2 is 0.512 bits per heavy atom. The lowest BCUT2D eigenvalue weighted by molar-refractivity contribution is -0.174. The van der Waals surface area contributed by atoms with Crippen molar-refractivity contribution in [3.63, 3.8) is 0 Å². The highest BCUT2D eigenvalue weighted by atomic mass is 16.6. The summed E-state index contributed by atoms with van der Waals surface area (Å²) in [7, 11) is 0. The van der Waals surface area contributed by atoms with E-state index in [1.165, 1.54) is 0 Å². The Bertz CT molecular complexity index is 683. The summed E-state index contributed by atoms with van der Waals surface area (Å²) in [5.74, 6) is -3.18. The number of carbonyl (C=O) groups is 6. The Kier molecular flexibility index (Phi) is 19.0. The van der Waals surface area contributed by atoms with Crippen LogP contribution in [-0.2, 0) is 61.9 Å². The third-order valence-electron chi connectivity index (χ3n) is 5.78. The summed E-state index contributed by atoms with van der Waals surface area (Å²) in [6.07, 6.45) is 0.488. The molecule has 0 saturated heterocycles. The Labute approximate surface area is 241 Å². The van der Waals surface area contributed by atoms with Gasteiger partial charge in [0.1, 0.15) is 39.6 Å². The number of hydrogen-bond acceptors (Lipinski definition) is 13. The Hall–Kier alpha value is -3.22. The number of ether oxygens (including phenoxy) is 7. The van der Waals surface area contributed by atoms with Crippen molar-refractivity contribution < 1.29 is 61.9 Å². The number of esters is 6. The Morgan fingerprint density at radius 3 is 0.659 bits per heavy atom. The SMILES string of the molecule is CCC(=O)OCC(COCC(COC(=O)CC)(COC(=O)CC)COC(=O)CC)(COC(=O)CC)COC(=O)CC. The van der Waals surface area contributed by atoms with Crippen LogP contribution in [0.2, 0.25) is 0 Å². The Balaban J connectivity index is 6.21. The van der Waals surface area contributed by atoms with E-state index in [1.54, 1.807) is 41.5 Å². The molecule has 0 rings (SSSR count). The van der Waals surface area contributed by atoms with E-state index < -0.39 is 46.6 Å². The van der Waals surface area contributed by atoms with E-state index in [0.29, 0.717) is 0 Å². The quantitative estimate of drug-likeness (QED) is 0.133. The molecule has 0 aromatic carbocycles. The number of rotatable bonds is 22. The lowest BCUT2D eigenvalue weighted by Crippen LogP contribution is -2.47. The number of hydrogen-bond donors (Lipinski definition) is 0. The minimum atomic E-state index is -1.30. The van der Waals surface area contributed by atoms with Gasteiger partial charge in [0, 0.05) is 38.5 Å². The molecule has 0 aliphatic rings. The molecule has 0 aromatic heterocycles.